The number of fused-ring (bicyclic) bond motifs is 1. The van der Waals surface area contributed by atoms with E-state index < -0.39 is 0 Å². The third-order valence-electron chi connectivity index (χ3n) is 4.31. The first kappa shape index (κ1) is 14.3. The average Bonchev–Trinajstić information content (AvgIpc) is 2.92. The Morgan fingerprint density at radius 2 is 2.24 bits per heavy atom. The highest BCUT2D eigenvalue weighted by Crippen LogP contribution is 2.34. The van der Waals surface area contributed by atoms with Crippen molar-refractivity contribution in [3.8, 4) is 5.75 Å². The van der Waals surface area contributed by atoms with E-state index in [1.54, 1.807) is 6.20 Å². The Labute approximate surface area is 125 Å². The van der Waals surface area contributed by atoms with Crippen molar-refractivity contribution < 1.29 is 9.84 Å². The summed E-state index contributed by atoms with van der Waals surface area (Å²) in [5.74, 6) is 0.836. The SMILES string of the molecule is CCNC1(CO)CCC(Oc2cccc3cccnc23)C1. The predicted octanol–water partition coefficient (Wildman–Crippen LogP) is 2.51. The van der Waals surface area contributed by atoms with Gasteiger partial charge >= 0.3 is 0 Å². The van der Waals surface area contributed by atoms with Crippen LogP contribution in [-0.4, -0.2) is 34.9 Å². The van der Waals surface area contributed by atoms with Crippen molar-refractivity contribution in [3.63, 3.8) is 0 Å². The molecular formula is C17H22N2O2. The number of hydrogen-bond acceptors (Lipinski definition) is 4. The summed E-state index contributed by atoms with van der Waals surface area (Å²) < 4.78 is 6.18. The first-order valence-electron chi connectivity index (χ1n) is 7.63. The van der Waals surface area contributed by atoms with Crippen molar-refractivity contribution >= 4 is 10.9 Å². The lowest BCUT2D eigenvalue weighted by Crippen LogP contribution is -2.46. The van der Waals surface area contributed by atoms with Crippen LogP contribution in [0.15, 0.2) is 36.5 Å². The van der Waals surface area contributed by atoms with Crippen molar-refractivity contribution in [2.45, 2.75) is 37.8 Å². The Hall–Kier alpha value is -1.65. The normalized spacial score (nSPS) is 25.3. The summed E-state index contributed by atoms with van der Waals surface area (Å²) in [5, 5.41) is 14.2. The molecule has 0 bridgehead atoms. The van der Waals surface area contributed by atoms with E-state index >= 15 is 0 Å². The maximum Gasteiger partial charge on any atom is 0.145 e. The maximum atomic E-state index is 9.67. The van der Waals surface area contributed by atoms with Gasteiger partial charge in [-0.05, 0) is 31.5 Å². The molecule has 0 spiro atoms. The van der Waals surface area contributed by atoms with Gasteiger partial charge in [-0.2, -0.15) is 0 Å². The van der Waals surface area contributed by atoms with Crippen LogP contribution < -0.4 is 10.1 Å². The summed E-state index contributed by atoms with van der Waals surface area (Å²) in [5.41, 5.74) is 0.724. The molecule has 3 rings (SSSR count). The summed E-state index contributed by atoms with van der Waals surface area (Å²) >= 11 is 0. The molecular weight excluding hydrogens is 264 g/mol. The summed E-state index contributed by atoms with van der Waals surface area (Å²) in [7, 11) is 0. The molecule has 1 heterocycles. The Morgan fingerprint density at radius 3 is 3.05 bits per heavy atom. The second-order valence-corrected chi connectivity index (χ2v) is 5.78. The van der Waals surface area contributed by atoms with Gasteiger partial charge in [0.05, 0.1) is 6.61 Å². The molecule has 112 valence electrons. The van der Waals surface area contributed by atoms with Gasteiger partial charge in [0.2, 0.25) is 0 Å². The fraction of sp³-hybridized carbons (Fsp3) is 0.471. The van der Waals surface area contributed by atoms with Crippen LogP contribution in [0.3, 0.4) is 0 Å². The minimum Gasteiger partial charge on any atom is -0.488 e. The molecule has 2 N–H and O–H groups in total. The number of para-hydroxylation sites is 1. The van der Waals surface area contributed by atoms with Gasteiger partial charge in [-0.25, -0.2) is 0 Å². The number of aliphatic hydroxyl groups excluding tert-OH is 1. The second kappa shape index (κ2) is 6.00. The molecule has 4 heteroatoms. The molecule has 1 aliphatic rings. The highest BCUT2D eigenvalue weighted by Gasteiger charge is 2.39. The van der Waals surface area contributed by atoms with Crippen LogP contribution >= 0.6 is 0 Å². The topological polar surface area (TPSA) is 54.4 Å². The van der Waals surface area contributed by atoms with Crippen LogP contribution in [-0.2, 0) is 0 Å². The van der Waals surface area contributed by atoms with Crippen LogP contribution in [0.2, 0.25) is 0 Å². The van der Waals surface area contributed by atoms with E-state index in [1.165, 1.54) is 0 Å². The van der Waals surface area contributed by atoms with Crippen LogP contribution in [0.1, 0.15) is 26.2 Å². The lowest BCUT2D eigenvalue weighted by molar-refractivity contribution is 0.142. The molecule has 0 saturated heterocycles. The molecule has 0 amide bonds. The molecule has 0 radical (unpaired) electrons. The van der Waals surface area contributed by atoms with E-state index in [-0.39, 0.29) is 18.2 Å². The first-order valence-corrected chi connectivity index (χ1v) is 7.63. The van der Waals surface area contributed by atoms with Gasteiger partial charge in [0.15, 0.2) is 0 Å². The Balaban J connectivity index is 1.78. The van der Waals surface area contributed by atoms with E-state index in [2.05, 4.69) is 17.2 Å². The van der Waals surface area contributed by atoms with E-state index in [4.69, 9.17) is 4.74 Å². The summed E-state index contributed by atoms with van der Waals surface area (Å²) in [6, 6.07) is 9.99. The van der Waals surface area contributed by atoms with E-state index in [0.717, 1.165) is 42.5 Å². The minimum atomic E-state index is -0.183. The highest BCUT2D eigenvalue weighted by molar-refractivity contribution is 5.84. The molecule has 1 aromatic heterocycles. The van der Waals surface area contributed by atoms with E-state index in [0.29, 0.717) is 0 Å². The quantitative estimate of drug-likeness (QED) is 0.887. The number of rotatable bonds is 5. The number of nitrogens with one attached hydrogen (secondary N) is 1. The van der Waals surface area contributed by atoms with E-state index in [1.807, 2.05) is 30.3 Å². The molecule has 1 aliphatic carbocycles. The standard InChI is InChI=1S/C17H22N2O2/c1-2-19-17(12-20)9-8-14(11-17)21-15-7-3-5-13-6-4-10-18-16(13)15/h3-7,10,14,19-20H,2,8-9,11-12H2,1H3. The zero-order valence-corrected chi connectivity index (χ0v) is 12.4. The smallest absolute Gasteiger partial charge is 0.145 e. The number of aromatic nitrogens is 1. The summed E-state index contributed by atoms with van der Waals surface area (Å²) in [6.07, 6.45) is 4.65. The van der Waals surface area contributed by atoms with E-state index in [9.17, 15) is 5.11 Å². The number of benzene rings is 1. The number of nitrogens with zero attached hydrogens (tertiary/aromatic N) is 1. The van der Waals surface area contributed by atoms with Crippen molar-refractivity contribution in [3.05, 3.63) is 36.5 Å². The van der Waals surface area contributed by atoms with Gasteiger partial charge in [-0.3, -0.25) is 4.98 Å². The van der Waals surface area contributed by atoms with Crippen LogP contribution in [0, 0.1) is 0 Å². The average molecular weight is 286 g/mol. The molecule has 2 atom stereocenters. The van der Waals surface area contributed by atoms with Crippen molar-refractivity contribution in [1.82, 2.24) is 10.3 Å². The zero-order valence-electron chi connectivity index (χ0n) is 12.4. The number of aliphatic hydroxyl groups is 1. The number of ether oxygens (including phenoxy) is 1. The van der Waals surface area contributed by atoms with Crippen LogP contribution in [0.4, 0.5) is 0 Å². The number of likely N-dealkylation sites (N-methyl/N-ethyl adjacent to an activating group) is 1. The lowest BCUT2D eigenvalue weighted by atomic mass is 9.99. The molecule has 21 heavy (non-hydrogen) atoms. The molecule has 1 aromatic carbocycles. The summed E-state index contributed by atoms with van der Waals surface area (Å²) in [4.78, 5) is 4.43. The molecule has 2 aromatic rings. The Bertz CT molecular complexity index is 611. The Kier molecular flexibility index (Phi) is 4.08. The molecule has 1 fully saturated rings. The molecule has 2 unspecified atom stereocenters. The van der Waals surface area contributed by atoms with Gasteiger partial charge in [0, 0.05) is 23.5 Å². The molecule has 1 saturated carbocycles. The maximum absolute atomic E-state index is 9.67. The second-order valence-electron chi connectivity index (χ2n) is 5.78. The fourth-order valence-corrected chi connectivity index (χ4v) is 3.26. The van der Waals surface area contributed by atoms with Gasteiger partial charge in [0.1, 0.15) is 17.4 Å². The highest BCUT2D eigenvalue weighted by atomic mass is 16.5. The molecule has 0 aliphatic heterocycles. The third-order valence-corrected chi connectivity index (χ3v) is 4.31. The minimum absolute atomic E-state index is 0.129. The third kappa shape index (κ3) is 2.87. The van der Waals surface area contributed by atoms with Gasteiger partial charge in [0.25, 0.3) is 0 Å². The van der Waals surface area contributed by atoms with Crippen molar-refractivity contribution in [2.24, 2.45) is 0 Å². The first-order chi connectivity index (χ1) is 10.3. The van der Waals surface area contributed by atoms with Gasteiger partial charge < -0.3 is 15.2 Å². The van der Waals surface area contributed by atoms with Crippen molar-refractivity contribution in [1.29, 1.82) is 0 Å². The molecule has 4 nitrogen and oxygen atoms in total. The van der Waals surface area contributed by atoms with Gasteiger partial charge in [-0.1, -0.05) is 25.1 Å². The Morgan fingerprint density at radius 1 is 1.38 bits per heavy atom. The monoisotopic (exact) mass is 286 g/mol. The summed E-state index contributed by atoms with van der Waals surface area (Å²) in [6.45, 7) is 3.10. The van der Waals surface area contributed by atoms with Crippen molar-refractivity contribution in [2.75, 3.05) is 13.2 Å². The van der Waals surface area contributed by atoms with Crippen LogP contribution in [0.25, 0.3) is 10.9 Å². The lowest BCUT2D eigenvalue weighted by Gasteiger charge is -2.28. The number of hydrogen-bond donors (Lipinski definition) is 2. The predicted molar refractivity (Wildman–Crippen MR) is 83.5 cm³/mol. The largest absolute Gasteiger partial charge is 0.488 e. The van der Waals surface area contributed by atoms with Gasteiger partial charge in [-0.15, -0.1) is 0 Å². The van der Waals surface area contributed by atoms with Crippen LogP contribution in [0.5, 0.6) is 5.75 Å². The zero-order chi connectivity index (χ0) is 14.7. The number of pyridine rings is 1. The fourth-order valence-electron chi connectivity index (χ4n) is 3.26.